The molecule has 1 aliphatic heterocycles. The largest absolute Gasteiger partial charge is 0.506 e. The zero-order valence-corrected chi connectivity index (χ0v) is 15.4. The number of nitrogens with zero attached hydrogens (tertiary/aromatic N) is 2. The molecule has 0 bridgehead atoms. The molecule has 1 aliphatic carbocycles. The third kappa shape index (κ3) is 5.38. The van der Waals surface area contributed by atoms with E-state index in [2.05, 4.69) is 15.6 Å². The second-order valence-electron chi connectivity index (χ2n) is 7.19. The Balaban J connectivity index is 1.57. The molecule has 1 amide bonds. The Hall–Kier alpha value is -2.24. The van der Waals surface area contributed by atoms with E-state index in [1.807, 2.05) is 17.0 Å². The van der Waals surface area contributed by atoms with E-state index in [-0.39, 0.29) is 11.7 Å². The fourth-order valence-electron chi connectivity index (χ4n) is 3.66. The first kappa shape index (κ1) is 18.5. The number of hydrogen-bond acceptors (Lipinski definition) is 3. The van der Waals surface area contributed by atoms with Crippen LogP contribution in [0.15, 0.2) is 29.3 Å². The smallest absolute Gasteiger partial charge is 0.222 e. The molecule has 0 atom stereocenters. The van der Waals surface area contributed by atoms with E-state index >= 15 is 0 Å². The van der Waals surface area contributed by atoms with Crippen molar-refractivity contribution >= 4 is 17.6 Å². The standard InChI is InChI=1S/C20H30N4O2/c25-18-11-5-4-10-17(18)23-20(22-16-8-2-1-3-9-16)21-13-7-15-24-14-6-12-19(24)26/h4-5,10-11,16,25H,1-3,6-9,12-15H2,(H2,21,22,23). The van der Waals surface area contributed by atoms with Gasteiger partial charge >= 0.3 is 0 Å². The summed E-state index contributed by atoms with van der Waals surface area (Å²) in [6, 6.07) is 7.63. The topological polar surface area (TPSA) is 77.0 Å². The van der Waals surface area contributed by atoms with Crippen molar-refractivity contribution in [2.24, 2.45) is 4.99 Å². The van der Waals surface area contributed by atoms with Gasteiger partial charge in [0.25, 0.3) is 0 Å². The van der Waals surface area contributed by atoms with Gasteiger partial charge in [0.05, 0.1) is 5.69 Å². The lowest BCUT2D eigenvalue weighted by Gasteiger charge is -2.25. The van der Waals surface area contributed by atoms with E-state index < -0.39 is 0 Å². The van der Waals surface area contributed by atoms with Crippen LogP contribution >= 0.6 is 0 Å². The summed E-state index contributed by atoms with van der Waals surface area (Å²) in [7, 11) is 0. The van der Waals surface area contributed by atoms with Gasteiger partial charge < -0.3 is 20.6 Å². The SMILES string of the molecule is O=C1CCCN1CCCN=C(Nc1ccccc1O)NC1CCCCC1. The van der Waals surface area contributed by atoms with Crippen molar-refractivity contribution in [1.82, 2.24) is 10.2 Å². The van der Waals surface area contributed by atoms with Gasteiger partial charge in [-0.2, -0.15) is 0 Å². The third-order valence-electron chi connectivity index (χ3n) is 5.13. The van der Waals surface area contributed by atoms with Gasteiger partial charge in [0.15, 0.2) is 5.96 Å². The van der Waals surface area contributed by atoms with Crippen LogP contribution in [0.4, 0.5) is 5.69 Å². The normalized spacial score (nSPS) is 19.0. The minimum atomic E-state index is 0.216. The third-order valence-corrected chi connectivity index (χ3v) is 5.13. The molecule has 6 heteroatoms. The van der Waals surface area contributed by atoms with E-state index in [1.165, 1.54) is 19.3 Å². The van der Waals surface area contributed by atoms with Crippen LogP contribution in [0.1, 0.15) is 51.4 Å². The van der Waals surface area contributed by atoms with Crippen molar-refractivity contribution in [3.63, 3.8) is 0 Å². The first-order valence-corrected chi connectivity index (χ1v) is 9.86. The van der Waals surface area contributed by atoms with Gasteiger partial charge in [-0.15, -0.1) is 0 Å². The van der Waals surface area contributed by atoms with Crippen molar-refractivity contribution in [3.05, 3.63) is 24.3 Å². The number of amides is 1. The number of aliphatic imine (C=N–C) groups is 1. The van der Waals surface area contributed by atoms with Crippen LogP contribution in [0, 0.1) is 0 Å². The fraction of sp³-hybridized carbons (Fsp3) is 0.600. The number of aromatic hydroxyl groups is 1. The molecule has 3 N–H and O–H groups in total. The first-order chi connectivity index (χ1) is 12.7. The molecule has 0 unspecified atom stereocenters. The average molecular weight is 358 g/mol. The predicted molar refractivity (Wildman–Crippen MR) is 104 cm³/mol. The Bertz CT molecular complexity index is 626. The average Bonchev–Trinajstić information content (AvgIpc) is 3.06. The number of nitrogens with one attached hydrogen (secondary N) is 2. The van der Waals surface area contributed by atoms with Crippen molar-refractivity contribution in [2.75, 3.05) is 25.0 Å². The first-order valence-electron chi connectivity index (χ1n) is 9.86. The summed E-state index contributed by atoms with van der Waals surface area (Å²) < 4.78 is 0. The molecule has 26 heavy (non-hydrogen) atoms. The minimum Gasteiger partial charge on any atom is -0.506 e. The maximum Gasteiger partial charge on any atom is 0.222 e. The number of para-hydroxylation sites is 2. The van der Waals surface area contributed by atoms with Gasteiger partial charge in [-0.05, 0) is 37.8 Å². The second-order valence-corrected chi connectivity index (χ2v) is 7.19. The summed E-state index contributed by atoms with van der Waals surface area (Å²) >= 11 is 0. The molecule has 2 aliphatic rings. The zero-order valence-electron chi connectivity index (χ0n) is 15.4. The summed E-state index contributed by atoms with van der Waals surface area (Å²) in [6.07, 6.45) is 8.63. The van der Waals surface area contributed by atoms with Crippen molar-refractivity contribution in [2.45, 2.75) is 57.4 Å². The van der Waals surface area contributed by atoms with Gasteiger partial charge in [-0.3, -0.25) is 9.79 Å². The van der Waals surface area contributed by atoms with E-state index in [0.717, 1.165) is 38.8 Å². The molecule has 1 aromatic rings. The van der Waals surface area contributed by atoms with E-state index in [0.29, 0.717) is 30.7 Å². The monoisotopic (exact) mass is 358 g/mol. The van der Waals surface area contributed by atoms with Crippen LogP contribution in [0.25, 0.3) is 0 Å². The highest BCUT2D eigenvalue weighted by molar-refractivity contribution is 5.95. The summed E-state index contributed by atoms with van der Waals surface area (Å²) in [6.45, 7) is 2.31. The molecule has 2 fully saturated rings. The summed E-state index contributed by atoms with van der Waals surface area (Å²) in [5.74, 6) is 1.20. The molecule has 1 saturated heterocycles. The van der Waals surface area contributed by atoms with Crippen molar-refractivity contribution < 1.29 is 9.90 Å². The molecule has 142 valence electrons. The molecular formula is C20H30N4O2. The van der Waals surface area contributed by atoms with Crippen molar-refractivity contribution in [3.8, 4) is 5.75 Å². The molecule has 0 spiro atoms. The molecule has 6 nitrogen and oxygen atoms in total. The van der Waals surface area contributed by atoms with Crippen LogP contribution in [0.2, 0.25) is 0 Å². The summed E-state index contributed by atoms with van der Waals surface area (Å²) in [4.78, 5) is 18.3. The fourth-order valence-corrected chi connectivity index (χ4v) is 3.66. The highest BCUT2D eigenvalue weighted by Gasteiger charge is 2.19. The number of phenols is 1. The second kappa shape index (κ2) is 9.46. The highest BCUT2D eigenvalue weighted by Crippen LogP contribution is 2.22. The maximum absolute atomic E-state index is 11.7. The molecule has 1 aromatic carbocycles. The number of phenolic OH excluding ortho intramolecular Hbond substituents is 1. The predicted octanol–water partition coefficient (Wildman–Crippen LogP) is 3.09. The van der Waals surface area contributed by atoms with Crippen LogP contribution in [0.3, 0.4) is 0 Å². The lowest BCUT2D eigenvalue weighted by atomic mass is 9.96. The highest BCUT2D eigenvalue weighted by atomic mass is 16.3. The molecule has 1 saturated carbocycles. The van der Waals surface area contributed by atoms with Gasteiger partial charge in [-0.1, -0.05) is 31.4 Å². The molecule has 0 radical (unpaired) electrons. The Morgan fingerprint density at radius 1 is 1.19 bits per heavy atom. The van der Waals surface area contributed by atoms with Gasteiger partial charge in [-0.25, -0.2) is 0 Å². The zero-order chi connectivity index (χ0) is 18.2. The Morgan fingerprint density at radius 3 is 2.73 bits per heavy atom. The number of anilines is 1. The van der Waals surface area contributed by atoms with Crippen molar-refractivity contribution in [1.29, 1.82) is 0 Å². The van der Waals surface area contributed by atoms with Gasteiger partial charge in [0.2, 0.25) is 5.91 Å². The van der Waals surface area contributed by atoms with E-state index in [1.54, 1.807) is 12.1 Å². The summed E-state index contributed by atoms with van der Waals surface area (Å²) in [5, 5.41) is 16.8. The van der Waals surface area contributed by atoms with Crippen LogP contribution in [-0.2, 0) is 4.79 Å². The lowest BCUT2D eigenvalue weighted by molar-refractivity contribution is -0.127. The molecular weight excluding hydrogens is 328 g/mol. The van der Waals surface area contributed by atoms with Crippen LogP contribution in [0.5, 0.6) is 5.75 Å². The Kier molecular flexibility index (Phi) is 6.75. The Labute approximate surface area is 155 Å². The molecule has 1 heterocycles. The van der Waals surface area contributed by atoms with E-state index in [9.17, 15) is 9.90 Å². The minimum absolute atomic E-state index is 0.216. The number of likely N-dealkylation sites (tertiary alicyclic amines) is 1. The van der Waals surface area contributed by atoms with Crippen LogP contribution in [-0.4, -0.2) is 47.5 Å². The summed E-state index contributed by atoms with van der Waals surface area (Å²) in [5.41, 5.74) is 0.657. The number of benzene rings is 1. The molecule has 3 rings (SSSR count). The number of carbonyl (C=O) groups is 1. The lowest BCUT2D eigenvalue weighted by Crippen LogP contribution is -2.40. The van der Waals surface area contributed by atoms with Gasteiger partial charge in [0, 0.05) is 32.1 Å². The maximum atomic E-state index is 11.7. The van der Waals surface area contributed by atoms with Gasteiger partial charge in [0.1, 0.15) is 5.75 Å². The van der Waals surface area contributed by atoms with E-state index in [4.69, 9.17) is 0 Å². The van der Waals surface area contributed by atoms with Crippen LogP contribution < -0.4 is 10.6 Å². The molecule has 0 aromatic heterocycles. The number of carbonyl (C=O) groups excluding carboxylic acids is 1. The quantitative estimate of drug-likeness (QED) is 0.316. The number of rotatable bonds is 6. The number of hydrogen-bond donors (Lipinski definition) is 3. The Morgan fingerprint density at radius 2 is 2.00 bits per heavy atom. The number of guanidine groups is 1.